The van der Waals surface area contributed by atoms with Crippen molar-refractivity contribution < 1.29 is 9.66 Å². The van der Waals surface area contributed by atoms with E-state index in [1.54, 1.807) is 31.2 Å². The molecule has 0 saturated heterocycles. The Bertz CT molecular complexity index is 896. The van der Waals surface area contributed by atoms with Gasteiger partial charge in [-0.2, -0.15) is 0 Å². The van der Waals surface area contributed by atoms with Gasteiger partial charge in [0.2, 0.25) is 0 Å². The summed E-state index contributed by atoms with van der Waals surface area (Å²) in [4.78, 5) is 15.3. The molecule has 3 aromatic rings. The van der Waals surface area contributed by atoms with E-state index in [0.717, 1.165) is 5.69 Å². The largest absolute Gasteiger partial charge is 0.487 e. The zero-order valence-electron chi connectivity index (χ0n) is 13.2. The van der Waals surface area contributed by atoms with E-state index in [-0.39, 0.29) is 11.4 Å². The number of hydrogen-bond acceptors (Lipinski definition) is 6. The van der Waals surface area contributed by atoms with Crippen LogP contribution in [0.2, 0.25) is 5.02 Å². The second-order valence-electron chi connectivity index (χ2n) is 5.04. The molecule has 0 amide bonds. The van der Waals surface area contributed by atoms with Gasteiger partial charge in [-0.05, 0) is 43.3 Å². The molecule has 0 aliphatic rings. The number of nitrogens with zero attached hydrogens (tertiary/aromatic N) is 2. The molecule has 8 heteroatoms. The third kappa shape index (κ3) is 4.07. The Morgan fingerprint density at radius 3 is 2.72 bits per heavy atom. The third-order valence-corrected chi connectivity index (χ3v) is 4.36. The maximum atomic E-state index is 11.2. The van der Waals surface area contributed by atoms with E-state index in [1.165, 1.54) is 17.4 Å². The molecule has 0 fully saturated rings. The fraction of sp³-hybridized carbons (Fsp3) is 0.118. The van der Waals surface area contributed by atoms with E-state index in [2.05, 4.69) is 10.3 Å². The SMILES string of the molecule is CCOc1ccc(-c2csc(Nc3ccc(Cl)cc3)n2)cc1[N+](=O)[O-]. The van der Waals surface area contributed by atoms with Crippen LogP contribution in [0.3, 0.4) is 0 Å². The number of nitro benzene ring substituents is 1. The van der Waals surface area contributed by atoms with Crippen molar-refractivity contribution in [2.24, 2.45) is 0 Å². The van der Waals surface area contributed by atoms with Crippen molar-refractivity contribution in [2.75, 3.05) is 11.9 Å². The van der Waals surface area contributed by atoms with Gasteiger partial charge in [0.1, 0.15) is 0 Å². The molecule has 0 spiro atoms. The van der Waals surface area contributed by atoms with Crippen molar-refractivity contribution in [3.63, 3.8) is 0 Å². The molecule has 1 aromatic heterocycles. The van der Waals surface area contributed by atoms with Gasteiger partial charge in [-0.25, -0.2) is 4.98 Å². The number of benzene rings is 2. The molecule has 1 heterocycles. The standard InChI is InChI=1S/C17H14ClN3O3S/c1-2-24-16-8-3-11(9-15(16)21(22)23)14-10-25-17(20-14)19-13-6-4-12(18)5-7-13/h3-10H,2H2,1H3,(H,19,20). The second-order valence-corrected chi connectivity index (χ2v) is 6.34. The number of ether oxygens (including phenoxy) is 1. The van der Waals surface area contributed by atoms with Crippen molar-refractivity contribution in [3.8, 4) is 17.0 Å². The number of nitrogens with one attached hydrogen (secondary N) is 1. The molecule has 128 valence electrons. The van der Waals surface area contributed by atoms with Gasteiger partial charge in [0.25, 0.3) is 0 Å². The van der Waals surface area contributed by atoms with Crippen molar-refractivity contribution in [1.29, 1.82) is 0 Å². The lowest BCUT2D eigenvalue weighted by Crippen LogP contribution is -1.97. The number of nitro groups is 1. The molecular formula is C17H14ClN3O3S. The Balaban J connectivity index is 1.85. The van der Waals surface area contributed by atoms with E-state index in [1.807, 2.05) is 17.5 Å². The van der Waals surface area contributed by atoms with Gasteiger partial charge in [-0.3, -0.25) is 10.1 Å². The lowest BCUT2D eigenvalue weighted by molar-refractivity contribution is -0.385. The number of anilines is 2. The van der Waals surface area contributed by atoms with Gasteiger partial charge < -0.3 is 10.1 Å². The molecule has 3 rings (SSSR count). The van der Waals surface area contributed by atoms with Crippen molar-refractivity contribution in [1.82, 2.24) is 4.98 Å². The van der Waals surface area contributed by atoms with Gasteiger partial charge in [-0.1, -0.05) is 11.6 Å². The third-order valence-electron chi connectivity index (χ3n) is 3.35. The lowest BCUT2D eigenvalue weighted by atomic mass is 10.1. The minimum atomic E-state index is -0.451. The summed E-state index contributed by atoms with van der Waals surface area (Å²) in [6.07, 6.45) is 0. The van der Waals surface area contributed by atoms with E-state index in [0.29, 0.717) is 28.0 Å². The molecule has 0 saturated carbocycles. The van der Waals surface area contributed by atoms with Crippen LogP contribution >= 0.6 is 22.9 Å². The zero-order valence-corrected chi connectivity index (χ0v) is 14.8. The van der Waals surface area contributed by atoms with E-state index in [4.69, 9.17) is 16.3 Å². The van der Waals surface area contributed by atoms with Crippen LogP contribution < -0.4 is 10.1 Å². The van der Waals surface area contributed by atoms with Gasteiger partial charge >= 0.3 is 5.69 Å². The quantitative estimate of drug-likeness (QED) is 0.453. The monoisotopic (exact) mass is 375 g/mol. The molecule has 0 aliphatic heterocycles. The van der Waals surface area contributed by atoms with Crippen LogP contribution in [0.1, 0.15) is 6.92 Å². The molecule has 0 atom stereocenters. The summed E-state index contributed by atoms with van der Waals surface area (Å²) in [5.41, 5.74) is 2.12. The number of rotatable bonds is 6. The average molecular weight is 376 g/mol. The Morgan fingerprint density at radius 1 is 1.28 bits per heavy atom. The van der Waals surface area contributed by atoms with Gasteiger partial charge in [0, 0.05) is 27.7 Å². The molecule has 6 nitrogen and oxygen atoms in total. The summed E-state index contributed by atoms with van der Waals surface area (Å²) in [5, 5.41) is 17.6. The van der Waals surface area contributed by atoms with Gasteiger partial charge in [-0.15, -0.1) is 11.3 Å². The normalized spacial score (nSPS) is 10.5. The maximum absolute atomic E-state index is 11.2. The highest BCUT2D eigenvalue weighted by atomic mass is 35.5. The average Bonchev–Trinajstić information content (AvgIpc) is 3.06. The van der Waals surface area contributed by atoms with Crippen molar-refractivity contribution in [2.45, 2.75) is 6.92 Å². The number of thiazole rings is 1. The number of hydrogen-bond donors (Lipinski definition) is 1. The summed E-state index contributed by atoms with van der Waals surface area (Å²) in [6, 6.07) is 12.1. The summed E-state index contributed by atoms with van der Waals surface area (Å²) in [7, 11) is 0. The van der Waals surface area contributed by atoms with E-state index in [9.17, 15) is 10.1 Å². The first-order chi connectivity index (χ1) is 12.1. The minimum Gasteiger partial charge on any atom is -0.487 e. The maximum Gasteiger partial charge on any atom is 0.311 e. The highest BCUT2D eigenvalue weighted by Crippen LogP contribution is 2.34. The molecule has 0 bridgehead atoms. The number of aromatic nitrogens is 1. The Hall–Kier alpha value is -2.64. The molecule has 0 aliphatic carbocycles. The smallest absolute Gasteiger partial charge is 0.311 e. The Labute approximate surface area is 153 Å². The highest BCUT2D eigenvalue weighted by Gasteiger charge is 2.17. The van der Waals surface area contributed by atoms with Crippen molar-refractivity contribution >= 4 is 39.4 Å². The van der Waals surface area contributed by atoms with Crippen molar-refractivity contribution in [3.05, 3.63) is 63.0 Å². The second kappa shape index (κ2) is 7.50. The molecule has 2 aromatic carbocycles. The highest BCUT2D eigenvalue weighted by molar-refractivity contribution is 7.14. The van der Waals surface area contributed by atoms with Crippen LogP contribution in [-0.4, -0.2) is 16.5 Å². The topological polar surface area (TPSA) is 77.3 Å². The molecular weight excluding hydrogens is 362 g/mol. The lowest BCUT2D eigenvalue weighted by Gasteiger charge is -2.05. The zero-order chi connectivity index (χ0) is 17.8. The van der Waals surface area contributed by atoms with Crippen LogP contribution in [0.15, 0.2) is 47.8 Å². The summed E-state index contributed by atoms with van der Waals surface area (Å²) in [6.45, 7) is 2.15. The van der Waals surface area contributed by atoms with Crippen LogP contribution in [-0.2, 0) is 0 Å². The molecule has 25 heavy (non-hydrogen) atoms. The first kappa shape index (κ1) is 17.2. The molecule has 1 N–H and O–H groups in total. The van der Waals surface area contributed by atoms with E-state index >= 15 is 0 Å². The molecule has 0 unspecified atom stereocenters. The summed E-state index contributed by atoms with van der Waals surface area (Å²) >= 11 is 7.28. The predicted molar refractivity (Wildman–Crippen MR) is 100 cm³/mol. The van der Waals surface area contributed by atoms with Gasteiger partial charge in [0.15, 0.2) is 10.9 Å². The fourth-order valence-corrected chi connectivity index (χ4v) is 3.08. The van der Waals surface area contributed by atoms with Crippen LogP contribution in [0.25, 0.3) is 11.3 Å². The predicted octanol–water partition coefficient (Wildman–Crippen LogP) is 5.51. The number of halogens is 1. The summed E-state index contributed by atoms with van der Waals surface area (Å²) < 4.78 is 5.30. The van der Waals surface area contributed by atoms with Crippen LogP contribution in [0.4, 0.5) is 16.5 Å². The first-order valence-corrected chi connectivity index (χ1v) is 8.72. The van der Waals surface area contributed by atoms with Crippen LogP contribution in [0.5, 0.6) is 5.75 Å². The summed E-state index contributed by atoms with van der Waals surface area (Å²) in [5.74, 6) is 0.256. The first-order valence-electron chi connectivity index (χ1n) is 7.46. The fourth-order valence-electron chi connectivity index (χ4n) is 2.22. The van der Waals surface area contributed by atoms with Gasteiger partial charge in [0.05, 0.1) is 17.2 Å². The van der Waals surface area contributed by atoms with E-state index < -0.39 is 4.92 Å². The van der Waals surface area contributed by atoms with Crippen LogP contribution in [0, 0.1) is 10.1 Å². The minimum absolute atomic E-state index is 0.0699. The molecule has 0 radical (unpaired) electrons. The Kier molecular flexibility index (Phi) is 5.16. The Morgan fingerprint density at radius 2 is 2.04 bits per heavy atom.